The van der Waals surface area contributed by atoms with Gasteiger partial charge in [0.25, 0.3) is 0 Å². The standard InChI is InChI=1S/C47H98N6O2/c1-4-6-8-10-12-14-16-18-20-22-24-26-28-34-41-53(3,42-35-29-27-25-23-21-19-17-15-13-11-9-7-5-2)43-40-51-47(55)45(37-31-33-39-49)52-46(54)44(50)36-30-32-38-48/h44-45H,4-43,48-50H2,1-3H3,(H-,51,52,54,55)/p+1/t44-,45-/m0/s1. The van der Waals surface area contributed by atoms with Crippen LogP contribution in [0.3, 0.4) is 0 Å². The van der Waals surface area contributed by atoms with Crippen molar-refractivity contribution in [2.24, 2.45) is 17.2 Å². The number of carbonyl (C=O) groups is 2. The minimum absolute atomic E-state index is 0.0981. The highest BCUT2D eigenvalue weighted by molar-refractivity contribution is 5.89. The maximum atomic E-state index is 13.4. The van der Waals surface area contributed by atoms with Gasteiger partial charge in [0.2, 0.25) is 11.8 Å². The highest BCUT2D eigenvalue weighted by Gasteiger charge is 2.25. The third kappa shape index (κ3) is 35.7. The fourth-order valence-electron chi connectivity index (χ4n) is 7.96. The fraction of sp³-hybridized carbons (Fsp3) is 0.957. The summed E-state index contributed by atoms with van der Waals surface area (Å²) >= 11 is 0. The van der Waals surface area contributed by atoms with Gasteiger partial charge in [-0.1, -0.05) is 174 Å². The zero-order valence-electron chi connectivity index (χ0n) is 37.4. The smallest absolute Gasteiger partial charge is 0.242 e. The van der Waals surface area contributed by atoms with Gasteiger partial charge >= 0.3 is 0 Å². The molecule has 0 aromatic carbocycles. The second-order valence-corrected chi connectivity index (χ2v) is 17.5. The van der Waals surface area contributed by atoms with Gasteiger partial charge in [-0.25, -0.2) is 0 Å². The van der Waals surface area contributed by atoms with Crippen LogP contribution in [0, 0.1) is 0 Å². The molecule has 55 heavy (non-hydrogen) atoms. The SMILES string of the molecule is CCCCCCCCCCCCCCCC[N+](C)(CCCCCCCCCCCCCCCC)CCNC(=O)[C@H](CCCCN)NC(=O)[C@@H](N)CCCCN. The Morgan fingerprint density at radius 1 is 0.455 bits per heavy atom. The molecular weight excluding hydrogens is 681 g/mol. The van der Waals surface area contributed by atoms with Crippen molar-refractivity contribution >= 4 is 11.8 Å². The summed E-state index contributed by atoms with van der Waals surface area (Å²) in [5.74, 6) is -0.347. The molecule has 8 N–H and O–H groups in total. The number of nitrogens with two attached hydrogens (primary N) is 3. The predicted octanol–water partition coefficient (Wildman–Crippen LogP) is 10.6. The molecule has 328 valence electrons. The lowest BCUT2D eigenvalue weighted by atomic mass is 10.0. The molecule has 2 atom stereocenters. The second kappa shape index (κ2) is 41.0. The minimum atomic E-state index is -0.619. The molecule has 0 radical (unpaired) electrons. The summed E-state index contributed by atoms with van der Waals surface area (Å²) in [5, 5.41) is 6.17. The van der Waals surface area contributed by atoms with E-state index in [4.69, 9.17) is 17.2 Å². The average Bonchev–Trinajstić information content (AvgIpc) is 3.17. The number of hydrogen-bond acceptors (Lipinski definition) is 5. The molecule has 0 aliphatic rings. The van der Waals surface area contributed by atoms with Gasteiger partial charge in [0.15, 0.2) is 0 Å². The monoisotopic (exact) mass is 780 g/mol. The zero-order chi connectivity index (χ0) is 40.5. The van der Waals surface area contributed by atoms with Crippen molar-refractivity contribution in [2.75, 3.05) is 46.3 Å². The van der Waals surface area contributed by atoms with E-state index in [1.807, 2.05) is 0 Å². The summed E-state index contributed by atoms with van der Waals surface area (Å²) < 4.78 is 1.01. The van der Waals surface area contributed by atoms with Crippen LogP contribution in [0.1, 0.15) is 232 Å². The highest BCUT2D eigenvalue weighted by Crippen LogP contribution is 2.17. The minimum Gasteiger partial charge on any atom is -0.349 e. The highest BCUT2D eigenvalue weighted by atomic mass is 16.2. The number of hydrogen-bond donors (Lipinski definition) is 5. The van der Waals surface area contributed by atoms with E-state index < -0.39 is 12.1 Å². The molecule has 0 saturated heterocycles. The van der Waals surface area contributed by atoms with Crippen molar-refractivity contribution in [2.45, 2.75) is 244 Å². The summed E-state index contributed by atoms with van der Waals surface area (Å²) in [4.78, 5) is 26.3. The van der Waals surface area contributed by atoms with Gasteiger partial charge in [0, 0.05) is 0 Å². The van der Waals surface area contributed by atoms with Crippen LogP contribution in [0.4, 0.5) is 0 Å². The lowest BCUT2D eigenvalue weighted by molar-refractivity contribution is -0.908. The Kier molecular flexibility index (Phi) is 40.0. The topological polar surface area (TPSA) is 136 Å². The molecule has 0 rings (SSSR count). The van der Waals surface area contributed by atoms with Gasteiger partial charge in [-0.05, 0) is 70.9 Å². The molecule has 0 aromatic heterocycles. The Labute approximate surface area is 343 Å². The summed E-state index contributed by atoms with van der Waals surface area (Å²) in [5.41, 5.74) is 17.5. The van der Waals surface area contributed by atoms with E-state index >= 15 is 0 Å². The Bertz CT molecular complexity index is 795. The van der Waals surface area contributed by atoms with Gasteiger partial charge in [-0.2, -0.15) is 0 Å². The van der Waals surface area contributed by atoms with Crippen molar-refractivity contribution in [3.63, 3.8) is 0 Å². The van der Waals surface area contributed by atoms with E-state index in [2.05, 4.69) is 31.5 Å². The molecule has 8 nitrogen and oxygen atoms in total. The molecule has 0 aliphatic carbocycles. The summed E-state index contributed by atoms with van der Waals surface area (Å²) in [7, 11) is 2.40. The first-order valence-electron chi connectivity index (χ1n) is 24.4. The first-order valence-corrected chi connectivity index (χ1v) is 24.4. The van der Waals surface area contributed by atoms with E-state index in [9.17, 15) is 9.59 Å². The Balaban J connectivity index is 4.76. The maximum absolute atomic E-state index is 13.4. The molecule has 0 unspecified atom stereocenters. The number of amides is 2. The van der Waals surface area contributed by atoms with Crippen molar-refractivity contribution in [3.8, 4) is 0 Å². The molecule has 0 spiro atoms. The molecule has 0 aliphatic heterocycles. The Morgan fingerprint density at radius 2 is 0.800 bits per heavy atom. The van der Waals surface area contributed by atoms with Crippen LogP contribution >= 0.6 is 0 Å². The lowest BCUT2D eigenvalue weighted by Gasteiger charge is -2.35. The third-order valence-electron chi connectivity index (χ3n) is 11.9. The van der Waals surface area contributed by atoms with E-state index in [-0.39, 0.29) is 11.8 Å². The summed E-state index contributed by atoms with van der Waals surface area (Å²) in [6.45, 7) is 9.63. The fourth-order valence-corrected chi connectivity index (χ4v) is 7.96. The van der Waals surface area contributed by atoms with Crippen molar-refractivity contribution in [1.29, 1.82) is 0 Å². The van der Waals surface area contributed by atoms with Crippen LogP contribution < -0.4 is 27.8 Å². The Morgan fingerprint density at radius 3 is 1.16 bits per heavy atom. The van der Waals surface area contributed by atoms with Crippen LogP contribution in [-0.2, 0) is 9.59 Å². The van der Waals surface area contributed by atoms with Crippen LogP contribution in [0.25, 0.3) is 0 Å². The van der Waals surface area contributed by atoms with E-state index in [0.717, 1.165) is 36.7 Å². The molecular formula is C47H99N6O2+. The number of nitrogens with one attached hydrogen (secondary N) is 2. The maximum Gasteiger partial charge on any atom is 0.242 e. The van der Waals surface area contributed by atoms with E-state index in [1.165, 1.54) is 193 Å². The molecule has 0 saturated carbocycles. The van der Waals surface area contributed by atoms with Crippen molar-refractivity contribution < 1.29 is 14.1 Å². The average molecular weight is 780 g/mol. The molecule has 0 heterocycles. The van der Waals surface area contributed by atoms with Crippen molar-refractivity contribution in [1.82, 2.24) is 10.6 Å². The largest absolute Gasteiger partial charge is 0.349 e. The van der Waals surface area contributed by atoms with Gasteiger partial charge in [-0.3, -0.25) is 9.59 Å². The number of rotatable bonds is 44. The first kappa shape index (κ1) is 53.8. The summed E-state index contributed by atoms with van der Waals surface area (Å²) in [6.07, 6.45) is 43.0. The van der Waals surface area contributed by atoms with Gasteiger partial charge in [0.05, 0.1) is 39.3 Å². The van der Waals surface area contributed by atoms with Crippen LogP contribution in [0.15, 0.2) is 0 Å². The predicted molar refractivity (Wildman–Crippen MR) is 240 cm³/mol. The number of unbranched alkanes of at least 4 members (excludes halogenated alkanes) is 28. The number of nitrogens with zero attached hydrogens (tertiary/aromatic N) is 1. The van der Waals surface area contributed by atoms with E-state index in [0.29, 0.717) is 32.5 Å². The molecule has 0 bridgehead atoms. The summed E-state index contributed by atoms with van der Waals surface area (Å²) in [6, 6.07) is -1.19. The molecule has 8 heteroatoms. The van der Waals surface area contributed by atoms with Crippen LogP contribution in [0.5, 0.6) is 0 Å². The quantitative estimate of drug-likeness (QED) is 0.0310. The number of quaternary nitrogens is 1. The van der Waals surface area contributed by atoms with Gasteiger partial charge < -0.3 is 32.3 Å². The van der Waals surface area contributed by atoms with Gasteiger partial charge in [0.1, 0.15) is 6.04 Å². The number of carbonyl (C=O) groups excluding carboxylic acids is 2. The van der Waals surface area contributed by atoms with Crippen LogP contribution in [0.2, 0.25) is 0 Å². The van der Waals surface area contributed by atoms with E-state index in [1.54, 1.807) is 0 Å². The molecule has 2 amide bonds. The first-order chi connectivity index (χ1) is 26.8. The number of likely N-dealkylation sites (N-methyl/N-ethyl adjacent to an activating group) is 1. The lowest BCUT2D eigenvalue weighted by Crippen LogP contribution is -2.54. The second-order valence-electron chi connectivity index (χ2n) is 17.5. The molecule has 0 aromatic rings. The van der Waals surface area contributed by atoms with Crippen LogP contribution in [-0.4, -0.2) is 74.7 Å². The molecule has 0 fully saturated rings. The zero-order valence-corrected chi connectivity index (χ0v) is 37.4. The van der Waals surface area contributed by atoms with Gasteiger partial charge in [-0.15, -0.1) is 0 Å². The third-order valence-corrected chi connectivity index (χ3v) is 11.9. The van der Waals surface area contributed by atoms with Crippen molar-refractivity contribution in [3.05, 3.63) is 0 Å². The normalized spacial score (nSPS) is 12.9. The Hall–Kier alpha value is -1.22.